The predicted molar refractivity (Wildman–Crippen MR) is 106 cm³/mol. The van der Waals surface area contributed by atoms with E-state index in [1.54, 1.807) is 0 Å². The Hall–Kier alpha value is -0.670. The molecule has 2 N–H and O–H groups in total. The van der Waals surface area contributed by atoms with Crippen LogP contribution in [0.5, 0.6) is 0 Å². The van der Waals surface area contributed by atoms with E-state index in [1.165, 1.54) is 64.2 Å². The summed E-state index contributed by atoms with van der Waals surface area (Å²) >= 11 is 0. The highest BCUT2D eigenvalue weighted by Gasteiger charge is 2.24. The van der Waals surface area contributed by atoms with E-state index in [4.69, 9.17) is 5.73 Å². The van der Waals surface area contributed by atoms with Crippen molar-refractivity contribution in [1.29, 1.82) is 0 Å². The van der Waals surface area contributed by atoms with Gasteiger partial charge in [0, 0.05) is 6.42 Å². The largest absolute Gasteiger partial charge is 0.330 e. The average Bonchev–Trinajstić information content (AvgIpc) is 2.54. The molecule has 0 aliphatic rings. The predicted octanol–water partition coefficient (Wildman–Crippen LogP) is 4.85. The van der Waals surface area contributed by atoms with Crippen LogP contribution in [0.1, 0.15) is 84.5 Å². The first-order valence-corrected chi connectivity index (χ1v) is 10.2. The van der Waals surface area contributed by atoms with Crippen LogP contribution < -0.4 is 5.73 Å². The number of unbranched alkanes of at least 4 members (excludes halogenated alkanes) is 9. The van der Waals surface area contributed by atoms with Crippen molar-refractivity contribution in [3.63, 3.8) is 0 Å². The highest BCUT2D eigenvalue weighted by atomic mass is 16.1. The topological polar surface area (TPSA) is 43.1 Å². The Morgan fingerprint density at radius 2 is 1.33 bits per heavy atom. The maximum Gasteiger partial charge on any atom is 0.212 e. The monoisotopic (exact) mass is 339 g/mol. The summed E-state index contributed by atoms with van der Waals surface area (Å²) in [5.74, 6) is 0.196. The van der Waals surface area contributed by atoms with E-state index < -0.39 is 0 Å². The van der Waals surface area contributed by atoms with Gasteiger partial charge in [0.05, 0.1) is 20.1 Å². The molecule has 0 aromatic heterocycles. The van der Waals surface area contributed by atoms with Crippen molar-refractivity contribution in [2.45, 2.75) is 84.5 Å². The van der Waals surface area contributed by atoms with E-state index in [2.05, 4.69) is 20.6 Å². The third-order valence-corrected chi connectivity index (χ3v) is 4.95. The second-order valence-electron chi connectivity index (χ2n) is 7.75. The molecule has 3 nitrogen and oxygen atoms in total. The minimum absolute atomic E-state index is 0.196. The van der Waals surface area contributed by atoms with Crippen molar-refractivity contribution in [2.75, 3.05) is 33.2 Å². The molecule has 0 rings (SSSR count). The van der Waals surface area contributed by atoms with Gasteiger partial charge in [0.1, 0.15) is 6.54 Å². The summed E-state index contributed by atoms with van der Waals surface area (Å²) in [6.45, 7) is 11.2. The van der Waals surface area contributed by atoms with Crippen molar-refractivity contribution in [3.8, 4) is 0 Å². The van der Waals surface area contributed by atoms with Gasteiger partial charge in [0.15, 0.2) is 0 Å². The molecule has 0 bridgehead atoms. The third kappa shape index (κ3) is 12.7. The standard InChI is InChI=1S/C21H43N2O/c1-5-6-7-8-9-10-11-12-13-14-17-23(4,18-15-16-22)19-21(24)20(2)3/h2,5-19,22H2,1,3-4H3/q+1. The molecular weight excluding hydrogens is 296 g/mol. The summed E-state index contributed by atoms with van der Waals surface area (Å²) in [5.41, 5.74) is 6.34. The number of hydrogen-bond donors (Lipinski definition) is 1. The molecule has 0 fully saturated rings. The van der Waals surface area contributed by atoms with Crippen LogP contribution in [-0.4, -0.2) is 43.5 Å². The van der Waals surface area contributed by atoms with Crippen molar-refractivity contribution in [1.82, 2.24) is 0 Å². The smallest absolute Gasteiger partial charge is 0.212 e. The molecule has 0 radical (unpaired) electrons. The van der Waals surface area contributed by atoms with Gasteiger partial charge in [0.25, 0.3) is 0 Å². The molecule has 0 aromatic carbocycles. The Morgan fingerprint density at radius 1 is 0.875 bits per heavy atom. The highest BCUT2D eigenvalue weighted by molar-refractivity contribution is 5.95. The Bertz CT molecular complexity index is 341. The summed E-state index contributed by atoms with van der Waals surface area (Å²) in [5, 5.41) is 0. The summed E-state index contributed by atoms with van der Waals surface area (Å²) < 4.78 is 0.819. The molecular formula is C21H43N2O+. The lowest BCUT2D eigenvalue weighted by Crippen LogP contribution is -2.49. The van der Waals surface area contributed by atoms with E-state index in [-0.39, 0.29) is 5.78 Å². The SMILES string of the molecule is C=C(C)C(=O)C[N+](C)(CCCN)CCCCCCCCCCCC. The second-order valence-corrected chi connectivity index (χ2v) is 7.75. The van der Waals surface area contributed by atoms with E-state index in [0.29, 0.717) is 18.7 Å². The third-order valence-electron chi connectivity index (χ3n) is 4.95. The van der Waals surface area contributed by atoms with Crippen LogP contribution >= 0.6 is 0 Å². The number of carbonyl (C=O) groups is 1. The number of carbonyl (C=O) groups excluding carboxylic acids is 1. The molecule has 1 atom stereocenters. The molecule has 0 aliphatic heterocycles. The highest BCUT2D eigenvalue weighted by Crippen LogP contribution is 2.13. The van der Waals surface area contributed by atoms with Gasteiger partial charge in [-0.1, -0.05) is 64.9 Å². The molecule has 0 aromatic rings. The number of nitrogens with two attached hydrogens (primary N) is 1. The van der Waals surface area contributed by atoms with Crippen molar-refractivity contribution in [3.05, 3.63) is 12.2 Å². The van der Waals surface area contributed by atoms with Gasteiger partial charge in [0.2, 0.25) is 5.78 Å². The zero-order valence-corrected chi connectivity index (χ0v) is 16.7. The van der Waals surface area contributed by atoms with Crippen LogP contribution in [0.25, 0.3) is 0 Å². The number of Topliss-reactive ketones (excluding diaryl/α,β-unsaturated/α-hetero) is 1. The number of ketones is 1. The van der Waals surface area contributed by atoms with Crippen LogP contribution in [0.15, 0.2) is 12.2 Å². The fourth-order valence-electron chi connectivity index (χ4n) is 3.21. The number of rotatable bonds is 17. The Morgan fingerprint density at radius 3 is 1.79 bits per heavy atom. The molecule has 1 unspecified atom stereocenters. The fraction of sp³-hybridized carbons (Fsp3) is 0.857. The van der Waals surface area contributed by atoms with Gasteiger partial charge >= 0.3 is 0 Å². The van der Waals surface area contributed by atoms with Crippen LogP contribution in [0.3, 0.4) is 0 Å². The Kier molecular flexibility index (Phi) is 14.2. The normalized spacial score (nSPS) is 13.7. The summed E-state index contributed by atoms with van der Waals surface area (Å²) in [6.07, 6.45) is 14.5. The van der Waals surface area contributed by atoms with E-state index in [0.717, 1.165) is 24.0 Å². The molecule has 0 heterocycles. The van der Waals surface area contributed by atoms with Crippen molar-refractivity contribution in [2.24, 2.45) is 5.73 Å². The van der Waals surface area contributed by atoms with Crippen LogP contribution in [-0.2, 0) is 4.79 Å². The molecule has 142 valence electrons. The number of quaternary nitrogens is 1. The zero-order chi connectivity index (χ0) is 18.3. The van der Waals surface area contributed by atoms with Crippen LogP contribution in [0, 0.1) is 0 Å². The first kappa shape index (κ1) is 23.3. The van der Waals surface area contributed by atoms with Gasteiger partial charge in [-0.2, -0.15) is 0 Å². The Labute approximate surface area is 151 Å². The molecule has 0 saturated carbocycles. The molecule has 3 heteroatoms. The summed E-state index contributed by atoms with van der Waals surface area (Å²) in [7, 11) is 2.20. The van der Waals surface area contributed by atoms with Gasteiger partial charge in [-0.3, -0.25) is 4.79 Å². The van der Waals surface area contributed by atoms with E-state index in [9.17, 15) is 4.79 Å². The zero-order valence-electron chi connectivity index (χ0n) is 16.7. The molecule has 0 aliphatic carbocycles. The van der Waals surface area contributed by atoms with Gasteiger partial charge in [-0.05, 0) is 31.9 Å². The fourth-order valence-corrected chi connectivity index (χ4v) is 3.21. The lowest BCUT2D eigenvalue weighted by Gasteiger charge is -2.34. The summed E-state index contributed by atoms with van der Waals surface area (Å²) in [6, 6.07) is 0. The van der Waals surface area contributed by atoms with Crippen molar-refractivity contribution >= 4 is 5.78 Å². The maximum atomic E-state index is 12.1. The van der Waals surface area contributed by atoms with Gasteiger partial charge in [-0.25, -0.2) is 0 Å². The summed E-state index contributed by atoms with van der Waals surface area (Å²) in [4.78, 5) is 12.1. The quantitative estimate of drug-likeness (QED) is 0.234. The number of likely N-dealkylation sites (N-methyl/N-ethyl adjacent to an activating group) is 1. The van der Waals surface area contributed by atoms with Crippen LogP contribution in [0.4, 0.5) is 0 Å². The average molecular weight is 340 g/mol. The number of nitrogens with zero attached hydrogens (tertiary/aromatic N) is 1. The second kappa shape index (κ2) is 14.7. The number of hydrogen-bond acceptors (Lipinski definition) is 2. The van der Waals surface area contributed by atoms with Gasteiger partial charge < -0.3 is 10.2 Å². The molecule has 0 spiro atoms. The van der Waals surface area contributed by atoms with E-state index >= 15 is 0 Å². The minimum atomic E-state index is 0.196. The maximum absolute atomic E-state index is 12.1. The van der Waals surface area contributed by atoms with Crippen LogP contribution in [0.2, 0.25) is 0 Å². The molecule has 0 amide bonds. The molecule has 24 heavy (non-hydrogen) atoms. The van der Waals surface area contributed by atoms with Crippen molar-refractivity contribution < 1.29 is 9.28 Å². The first-order valence-electron chi connectivity index (χ1n) is 10.2. The minimum Gasteiger partial charge on any atom is -0.330 e. The van der Waals surface area contributed by atoms with Gasteiger partial charge in [-0.15, -0.1) is 0 Å². The Balaban J connectivity index is 3.89. The lowest BCUT2D eigenvalue weighted by molar-refractivity contribution is -0.902. The first-order chi connectivity index (χ1) is 11.4. The lowest BCUT2D eigenvalue weighted by atomic mass is 10.1. The molecule has 0 saturated heterocycles. The van der Waals surface area contributed by atoms with E-state index in [1.807, 2.05) is 6.92 Å².